The fourth-order valence-electron chi connectivity index (χ4n) is 2.28. The zero-order valence-corrected chi connectivity index (χ0v) is 13.8. The predicted octanol–water partition coefficient (Wildman–Crippen LogP) is -1.37. The lowest BCUT2D eigenvalue weighted by Gasteiger charge is -2.42. The number of carbonyl (C=O) groups excluding carboxylic acids is 4. The van der Waals surface area contributed by atoms with E-state index in [1.54, 1.807) is 0 Å². The number of rotatable bonds is 5. The second-order valence-electron chi connectivity index (χ2n) is 5.22. The molecule has 1 heterocycles. The van der Waals surface area contributed by atoms with Crippen LogP contribution in [0.3, 0.4) is 0 Å². The van der Waals surface area contributed by atoms with E-state index >= 15 is 0 Å². The number of esters is 3. The van der Waals surface area contributed by atoms with Crippen LogP contribution in [0, 0.1) is 0 Å². The van der Waals surface area contributed by atoms with Crippen molar-refractivity contribution in [2.45, 2.75) is 58.4 Å². The van der Waals surface area contributed by atoms with Crippen molar-refractivity contribution in [2.75, 3.05) is 6.54 Å². The summed E-state index contributed by atoms with van der Waals surface area (Å²) in [7, 11) is 0. The largest absolute Gasteiger partial charge is 0.456 e. The maximum atomic E-state index is 11.4. The fraction of sp³-hybridized carbons (Fsp3) is 0.714. The molecule has 1 amide bonds. The Bertz CT molecular complexity index is 506. The van der Waals surface area contributed by atoms with Crippen molar-refractivity contribution in [1.82, 2.24) is 5.32 Å². The Balaban J connectivity index is 3.11. The second kappa shape index (κ2) is 8.60. The molecule has 2 N–H and O–H groups in total. The van der Waals surface area contributed by atoms with Gasteiger partial charge in [0.05, 0.1) is 0 Å². The SMILES string of the molecule is CC(=O)NC[C@H]1O[C@@H](O)[C@H](OC(C)=O)[C@@H](OC(C)=O)[C@@H]1OC(C)=O. The minimum absolute atomic E-state index is 0.116. The molecule has 1 rings (SSSR count). The summed E-state index contributed by atoms with van der Waals surface area (Å²) in [5.74, 6) is -2.56. The topological polar surface area (TPSA) is 137 Å². The van der Waals surface area contributed by atoms with Crippen LogP contribution in [-0.4, -0.2) is 66.2 Å². The maximum absolute atomic E-state index is 11.4. The van der Waals surface area contributed by atoms with Gasteiger partial charge in [-0.2, -0.15) is 0 Å². The van der Waals surface area contributed by atoms with Gasteiger partial charge in [0.25, 0.3) is 0 Å². The van der Waals surface area contributed by atoms with E-state index in [4.69, 9.17) is 18.9 Å². The first kappa shape index (κ1) is 19.8. The summed E-state index contributed by atoms with van der Waals surface area (Å²) < 4.78 is 20.4. The third-order valence-electron chi connectivity index (χ3n) is 3.07. The number of ether oxygens (including phenoxy) is 4. The van der Waals surface area contributed by atoms with Crippen LogP contribution in [0.15, 0.2) is 0 Å². The third kappa shape index (κ3) is 5.78. The molecule has 24 heavy (non-hydrogen) atoms. The summed E-state index contributed by atoms with van der Waals surface area (Å²) >= 11 is 0. The Morgan fingerprint density at radius 1 is 0.875 bits per heavy atom. The van der Waals surface area contributed by atoms with E-state index in [0.29, 0.717) is 0 Å². The van der Waals surface area contributed by atoms with E-state index in [2.05, 4.69) is 5.32 Å². The first-order valence-electron chi connectivity index (χ1n) is 7.21. The van der Waals surface area contributed by atoms with E-state index in [0.717, 1.165) is 20.8 Å². The van der Waals surface area contributed by atoms with Gasteiger partial charge in [-0.05, 0) is 0 Å². The molecule has 136 valence electrons. The maximum Gasteiger partial charge on any atom is 0.303 e. The molecule has 0 spiro atoms. The summed E-state index contributed by atoms with van der Waals surface area (Å²) in [6.45, 7) is 4.49. The van der Waals surface area contributed by atoms with Crippen molar-refractivity contribution in [2.24, 2.45) is 0 Å². The fourth-order valence-corrected chi connectivity index (χ4v) is 2.28. The van der Waals surface area contributed by atoms with Crippen LogP contribution in [0.5, 0.6) is 0 Å². The van der Waals surface area contributed by atoms with Crippen LogP contribution < -0.4 is 5.32 Å². The highest BCUT2D eigenvalue weighted by Crippen LogP contribution is 2.27. The first-order valence-corrected chi connectivity index (χ1v) is 7.21. The number of aliphatic hydroxyl groups is 1. The standard InChI is InChI=1S/C14H21NO9/c1-6(16)15-5-10-11(21-7(2)17)12(22-8(3)18)13(14(20)24-10)23-9(4)19/h10-14,20H,5H2,1-4H3,(H,15,16)/t10-,11-,12+,13-,14-/m1/s1. The van der Waals surface area contributed by atoms with Gasteiger partial charge in [-0.25, -0.2) is 0 Å². The first-order chi connectivity index (χ1) is 11.1. The third-order valence-corrected chi connectivity index (χ3v) is 3.07. The molecule has 1 aliphatic rings. The van der Waals surface area contributed by atoms with Crippen LogP contribution in [0.2, 0.25) is 0 Å². The van der Waals surface area contributed by atoms with Gasteiger partial charge in [-0.3, -0.25) is 19.2 Å². The van der Waals surface area contributed by atoms with Gasteiger partial charge in [-0.15, -0.1) is 0 Å². The van der Waals surface area contributed by atoms with Crippen LogP contribution in [0.25, 0.3) is 0 Å². The molecule has 10 nitrogen and oxygen atoms in total. The summed E-state index contributed by atoms with van der Waals surface area (Å²) in [4.78, 5) is 45.0. The van der Waals surface area contributed by atoms with Crippen molar-refractivity contribution in [3.8, 4) is 0 Å². The zero-order chi connectivity index (χ0) is 18.4. The smallest absolute Gasteiger partial charge is 0.303 e. The van der Waals surface area contributed by atoms with Crippen LogP contribution in [0.1, 0.15) is 27.7 Å². The minimum atomic E-state index is -1.64. The molecule has 1 saturated heterocycles. The summed E-state index contributed by atoms with van der Waals surface area (Å²) in [5, 5.41) is 12.5. The molecule has 1 fully saturated rings. The molecule has 0 aromatic carbocycles. The quantitative estimate of drug-likeness (QED) is 0.456. The Morgan fingerprint density at radius 2 is 1.33 bits per heavy atom. The number of amides is 1. The molecule has 1 aliphatic heterocycles. The van der Waals surface area contributed by atoms with Crippen LogP contribution in [0.4, 0.5) is 0 Å². The van der Waals surface area contributed by atoms with E-state index in [1.165, 1.54) is 6.92 Å². The van der Waals surface area contributed by atoms with Crippen molar-refractivity contribution in [1.29, 1.82) is 0 Å². The Morgan fingerprint density at radius 3 is 1.79 bits per heavy atom. The molecule has 0 saturated carbocycles. The van der Waals surface area contributed by atoms with Gasteiger partial charge >= 0.3 is 17.9 Å². The van der Waals surface area contributed by atoms with Crippen LogP contribution >= 0.6 is 0 Å². The Kier molecular flexibility index (Phi) is 7.11. The van der Waals surface area contributed by atoms with Crippen molar-refractivity contribution in [3.05, 3.63) is 0 Å². The molecular formula is C14H21NO9. The molecule has 0 bridgehead atoms. The second-order valence-corrected chi connectivity index (χ2v) is 5.22. The number of nitrogens with one attached hydrogen (secondary N) is 1. The van der Waals surface area contributed by atoms with Gasteiger partial charge in [-0.1, -0.05) is 0 Å². The summed E-state index contributed by atoms with van der Waals surface area (Å²) in [5.41, 5.74) is 0. The normalized spacial score (nSPS) is 29.3. The lowest BCUT2D eigenvalue weighted by molar-refractivity contribution is -0.290. The number of carbonyl (C=O) groups is 4. The van der Waals surface area contributed by atoms with Crippen molar-refractivity contribution >= 4 is 23.8 Å². The van der Waals surface area contributed by atoms with Crippen molar-refractivity contribution < 1.29 is 43.2 Å². The highest BCUT2D eigenvalue weighted by atomic mass is 16.7. The van der Waals surface area contributed by atoms with E-state index in [1.807, 2.05) is 0 Å². The van der Waals surface area contributed by atoms with E-state index in [9.17, 15) is 24.3 Å². The van der Waals surface area contributed by atoms with Gasteiger partial charge in [0.15, 0.2) is 24.6 Å². The molecule has 0 aliphatic carbocycles. The molecule has 0 aromatic rings. The highest BCUT2D eigenvalue weighted by molar-refractivity contribution is 5.73. The summed E-state index contributed by atoms with van der Waals surface area (Å²) in [6, 6.07) is 0. The molecule has 0 aromatic heterocycles. The van der Waals surface area contributed by atoms with E-state index < -0.39 is 48.6 Å². The Hall–Kier alpha value is -2.20. The predicted molar refractivity (Wildman–Crippen MR) is 76.2 cm³/mol. The number of hydrogen-bond donors (Lipinski definition) is 2. The average Bonchev–Trinajstić information content (AvgIpc) is 2.42. The molecule has 10 heteroatoms. The lowest BCUT2D eigenvalue weighted by Crippen LogP contribution is -2.63. The van der Waals surface area contributed by atoms with Gasteiger partial charge in [0.2, 0.25) is 5.91 Å². The van der Waals surface area contributed by atoms with Crippen LogP contribution in [-0.2, 0) is 38.1 Å². The van der Waals surface area contributed by atoms with Crippen molar-refractivity contribution in [3.63, 3.8) is 0 Å². The number of hydrogen-bond acceptors (Lipinski definition) is 9. The zero-order valence-electron chi connectivity index (χ0n) is 13.8. The van der Waals surface area contributed by atoms with Gasteiger partial charge in [0, 0.05) is 34.2 Å². The summed E-state index contributed by atoms with van der Waals surface area (Å²) in [6.07, 6.45) is -6.51. The lowest BCUT2D eigenvalue weighted by atomic mass is 9.97. The highest BCUT2D eigenvalue weighted by Gasteiger charge is 2.51. The molecular weight excluding hydrogens is 326 g/mol. The Labute approximate surface area is 138 Å². The number of aliphatic hydroxyl groups excluding tert-OH is 1. The molecule has 0 radical (unpaired) electrons. The van der Waals surface area contributed by atoms with Gasteiger partial charge in [0.1, 0.15) is 6.10 Å². The monoisotopic (exact) mass is 347 g/mol. The molecule has 0 unspecified atom stereocenters. The average molecular weight is 347 g/mol. The van der Waals surface area contributed by atoms with Gasteiger partial charge < -0.3 is 29.4 Å². The minimum Gasteiger partial charge on any atom is -0.456 e. The molecule has 5 atom stereocenters. The van der Waals surface area contributed by atoms with E-state index in [-0.39, 0.29) is 12.5 Å².